The van der Waals surface area contributed by atoms with Crippen LogP contribution in [0.25, 0.3) is 0 Å². The minimum Gasteiger partial charge on any atom is -0.493 e. The first-order valence-electron chi connectivity index (χ1n) is 6.86. The molecular formula is C15H23NO2S. The zero-order valence-corrected chi connectivity index (χ0v) is 12.8. The van der Waals surface area contributed by atoms with Gasteiger partial charge in [-0.2, -0.15) is 11.8 Å². The van der Waals surface area contributed by atoms with Gasteiger partial charge in [0.25, 0.3) is 0 Å². The van der Waals surface area contributed by atoms with E-state index in [1.54, 1.807) is 14.2 Å². The highest BCUT2D eigenvalue weighted by molar-refractivity contribution is 7.98. The molecule has 0 bridgehead atoms. The van der Waals surface area contributed by atoms with Crippen LogP contribution in [0.3, 0.4) is 0 Å². The van der Waals surface area contributed by atoms with Crippen molar-refractivity contribution in [1.82, 2.24) is 5.32 Å². The van der Waals surface area contributed by atoms with Crippen LogP contribution in [0.1, 0.15) is 36.9 Å². The number of hydrogen-bond acceptors (Lipinski definition) is 4. The van der Waals surface area contributed by atoms with Crippen LogP contribution in [-0.2, 0) is 5.75 Å². The van der Waals surface area contributed by atoms with E-state index in [2.05, 4.69) is 24.4 Å². The van der Waals surface area contributed by atoms with Crippen LogP contribution in [0.4, 0.5) is 0 Å². The molecule has 1 aliphatic heterocycles. The van der Waals surface area contributed by atoms with Crippen molar-refractivity contribution < 1.29 is 9.47 Å². The molecule has 0 saturated carbocycles. The zero-order chi connectivity index (χ0) is 13.7. The van der Waals surface area contributed by atoms with Crippen LogP contribution in [0.2, 0.25) is 0 Å². The van der Waals surface area contributed by atoms with Crippen molar-refractivity contribution in [2.24, 2.45) is 0 Å². The van der Waals surface area contributed by atoms with Crippen molar-refractivity contribution in [3.05, 3.63) is 23.3 Å². The number of rotatable bonds is 5. The third kappa shape index (κ3) is 3.37. The Morgan fingerprint density at radius 2 is 2.00 bits per heavy atom. The average Bonchev–Trinajstić information content (AvgIpc) is 2.65. The molecular weight excluding hydrogens is 258 g/mol. The summed E-state index contributed by atoms with van der Waals surface area (Å²) in [5, 5.41) is 3.65. The summed E-state index contributed by atoms with van der Waals surface area (Å²) in [5.41, 5.74) is 2.74. The number of fused-ring (bicyclic) bond motifs is 1. The van der Waals surface area contributed by atoms with E-state index in [0.29, 0.717) is 6.04 Å². The quantitative estimate of drug-likeness (QED) is 0.896. The molecule has 0 fully saturated rings. The van der Waals surface area contributed by atoms with Gasteiger partial charge in [-0.25, -0.2) is 0 Å². The molecule has 1 heterocycles. The lowest BCUT2D eigenvalue weighted by Gasteiger charge is -2.20. The van der Waals surface area contributed by atoms with Crippen LogP contribution >= 0.6 is 11.8 Å². The largest absolute Gasteiger partial charge is 0.493 e. The van der Waals surface area contributed by atoms with Gasteiger partial charge in [-0.3, -0.25) is 0 Å². The van der Waals surface area contributed by atoms with E-state index in [4.69, 9.17) is 9.47 Å². The van der Waals surface area contributed by atoms with Crippen molar-refractivity contribution in [2.45, 2.75) is 31.6 Å². The maximum absolute atomic E-state index is 5.44. The molecule has 0 amide bonds. The van der Waals surface area contributed by atoms with Crippen molar-refractivity contribution in [3.63, 3.8) is 0 Å². The standard InChI is InChI=1S/C15H23NO2S/c1-4-6-16-13-5-7-19-10-11-8-14(17-2)15(18-3)9-12(11)13/h8-9,13,16H,4-7,10H2,1-3H3. The normalized spacial score (nSPS) is 18.6. The van der Waals surface area contributed by atoms with E-state index in [1.807, 2.05) is 11.8 Å². The molecule has 1 aliphatic rings. The molecule has 1 unspecified atom stereocenters. The fourth-order valence-corrected chi connectivity index (χ4v) is 3.47. The van der Waals surface area contributed by atoms with Crippen LogP contribution in [0.15, 0.2) is 12.1 Å². The molecule has 1 aromatic rings. The molecule has 106 valence electrons. The molecule has 4 heteroatoms. The smallest absolute Gasteiger partial charge is 0.161 e. The maximum atomic E-state index is 5.44. The lowest BCUT2D eigenvalue weighted by molar-refractivity contribution is 0.353. The lowest BCUT2D eigenvalue weighted by Crippen LogP contribution is -2.23. The molecule has 1 atom stereocenters. The summed E-state index contributed by atoms with van der Waals surface area (Å²) in [6.45, 7) is 3.26. The molecule has 0 aliphatic carbocycles. The number of methoxy groups -OCH3 is 2. The first-order chi connectivity index (χ1) is 9.30. The monoisotopic (exact) mass is 281 g/mol. The van der Waals surface area contributed by atoms with Crippen LogP contribution in [-0.4, -0.2) is 26.5 Å². The van der Waals surface area contributed by atoms with Crippen LogP contribution in [0, 0.1) is 0 Å². The summed E-state index contributed by atoms with van der Waals surface area (Å²) < 4.78 is 10.8. The topological polar surface area (TPSA) is 30.5 Å². The van der Waals surface area contributed by atoms with E-state index in [9.17, 15) is 0 Å². The number of hydrogen-bond donors (Lipinski definition) is 1. The third-order valence-electron chi connectivity index (χ3n) is 3.47. The van der Waals surface area contributed by atoms with Gasteiger partial charge in [-0.1, -0.05) is 6.92 Å². The Morgan fingerprint density at radius 3 is 2.68 bits per heavy atom. The molecule has 1 aromatic carbocycles. The zero-order valence-electron chi connectivity index (χ0n) is 12.0. The van der Waals surface area contributed by atoms with Crippen LogP contribution in [0.5, 0.6) is 11.5 Å². The van der Waals surface area contributed by atoms with Gasteiger partial charge in [0.05, 0.1) is 14.2 Å². The predicted octanol–water partition coefficient (Wildman–Crippen LogP) is 3.38. The lowest BCUT2D eigenvalue weighted by atomic mass is 9.98. The van der Waals surface area contributed by atoms with Gasteiger partial charge in [0.1, 0.15) is 0 Å². The Hall–Kier alpha value is -0.870. The summed E-state index contributed by atoms with van der Waals surface area (Å²) in [6, 6.07) is 4.71. The fraction of sp³-hybridized carbons (Fsp3) is 0.600. The molecule has 2 rings (SSSR count). The van der Waals surface area contributed by atoms with Crippen LogP contribution < -0.4 is 14.8 Å². The number of ether oxygens (including phenoxy) is 2. The predicted molar refractivity (Wildman–Crippen MR) is 81.4 cm³/mol. The summed E-state index contributed by atoms with van der Waals surface area (Å²) in [6.07, 6.45) is 2.33. The van der Waals surface area contributed by atoms with Crippen molar-refractivity contribution in [1.29, 1.82) is 0 Å². The number of thioether (sulfide) groups is 1. The molecule has 19 heavy (non-hydrogen) atoms. The van der Waals surface area contributed by atoms with Gasteiger partial charge in [-0.15, -0.1) is 0 Å². The highest BCUT2D eigenvalue weighted by atomic mass is 32.2. The van der Waals surface area contributed by atoms with Crippen molar-refractivity contribution in [3.8, 4) is 11.5 Å². The van der Waals surface area contributed by atoms with Gasteiger partial charge in [-0.05, 0) is 48.4 Å². The minimum absolute atomic E-state index is 0.435. The SMILES string of the molecule is CCCNC1CCSCc2cc(OC)c(OC)cc21. The first-order valence-corrected chi connectivity index (χ1v) is 8.01. The molecule has 1 N–H and O–H groups in total. The third-order valence-corrected chi connectivity index (χ3v) is 4.51. The molecule has 0 radical (unpaired) electrons. The highest BCUT2D eigenvalue weighted by Crippen LogP contribution is 2.38. The van der Waals surface area contributed by atoms with E-state index in [0.717, 1.165) is 30.2 Å². The van der Waals surface area contributed by atoms with E-state index in [-0.39, 0.29) is 0 Å². The van der Waals surface area contributed by atoms with E-state index < -0.39 is 0 Å². The minimum atomic E-state index is 0.435. The van der Waals surface area contributed by atoms with Gasteiger partial charge >= 0.3 is 0 Å². The summed E-state index contributed by atoms with van der Waals surface area (Å²) in [5.74, 6) is 3.91. The molecule has 0 spiro atoms. The Kier molecular flexibility index (Phi) is 5.40. The van der Waals surface area contributed by atoms with Crippen molar-refractivity contribution in [2.75, 3.05) is 26.5 Å². The second kappa shape index (κ2) is 7.06. The van der Waals surface area contributed by atoms with Crippen molar-refractivity contribution >= 4 is 11.8 Å². The second-order valence-corrected chi connectivity index (χ2v) is 5.86. The Bertz CT molecular complexity index is 423. The number of nitrogens with one attached hydrogen (secondary N) is 1. The second-order valence-electron chi connectivity index (χ2n) is 4.75. The molecule has 0 saturated heterocycles. The maximum Gasteiger partial charge on any atom is 0.161 e. The van der Waals surface area contributed by atoms with Gasteiger partial charge < -0.3 is 14.8 Å². The summed E-state index contributed by atoms with van der Waals surface area (Å²) in [4.78, 5) is 0. The fourth-order valence-electron chi connectivity index (χ4n) is 2.46. The Morgan fingerprint density at radius 1 is 1.26 bits per heavy atom. The highest BCUT2D eigenvalue weighted by Gasteiger charge is 2.21. The number of benzene rings is 1. The summed E-state index contributed by atoms with van der Waals surface area (Å²) >= 11 is 1.99. The molecule has 0 aromatic heterocycles. The average molecular weight is 281 g/mol. The molecule has 3 nitrogen and oxygen atoms in total. The van der Waals surface area contributed by atoms with Gasteiger partial charge in [0, 0.05) is 11.8 Å². The first kappa shape index (κ1) is 14.5. The van der Waals surface area contributed by atoms with Gasteiger partial charge in [0.2, 0.25) is 0 Å². The Labute approximate surface area is 120 Å². The summed E-state index contributed by atoms with van der Waals surface area (Å²) in [7, 11) is 3.39. The Balaban J connectivity index is 2.35. The van der Waals surface area contributed by atoms with E-state index >= 15 is 0 Å². The van der Waals surface area contributed by atoms with E-state index in [1.165, 1.54) is 23.3 Å². The van der Waals surface area contributed by atoms with Gasteiger partial charge in [0.15, 0.2) is 11.5 Å².